The fourth-order valence-electron chi connectivity index (χ4n) is 4.79. The Bertz CT molecular complexity index is 1160. The molecule has 0 radical (unpaired) electrons. The maximum Gasteiger partial charge on any atom is 0.272 e. The average Bonchev–Trinajstić information content (AvgIpc) is 3.05. The van der Waals surface area contributed by atoms with Gasteiger partial charge in [0.25, 0.3) is 5.91 Å². The van der Waals surface area contributed by atoms with E-state index < -0.39 is 0 Å². The maximum absolute atomic E-state index is 13.9. The molecule has 1 aliphatic rings. The minimum atomic E-state index is -0.243. The van der Waals surface area contributed by atoms with Crippen LogP contribution in [-0.2, 0) is 12.8 Å². The SMILES string of the molecule is CCCCCNC(=O)c1nn(-c2ccc(Cl)cc2Cl)c2c1CCCCC2Cc1cccc(F)c1. The number of benzene rings is 2. The molecule has 0 fully saturated rings. The summed E-state index contributed by atoms with van der Waals surface area (Å²) in [4.78, 5) is 13.2. The molecule has 0 saturated carbocycles. The highest BCUT2D eigenvalue weighted by atomic mass is 35.5. The molecule has 4 nitrogen and oxygen atoms in total. The first-order valence-electron chi connectivity index (χ1n) is 12.1. The molecule has 1 unspecified atom stereocenters. The number of amides is 1. The van der Waals surface area contributed by atoms with Gasteiger partial charge in [-0.2, -0.15) is 5.10 Å². The van der Waals surface area contributed by atoms with Gasteiger partial charge in [-0.05, 0) is 68.0 Å². The van der Waals surface area contributed by atoms with Gasteiger partial charge in [0.2, 0.25) is 0 Å². The normalized spacial score (nSPS) is 15.6. The molecule has 34 heavy (non-hydrogen) atoms. The summed E-state index contributed by atoms with van der Waals surface area (Å²) < 4.78 is 15.7. The number of halogens is 3. The van der Waals surface area contributed by atoms with E-state index in [0.717, 1.165) is 61.8 Å². The second-order valence-corrected chi connectivity index (χ2v) is 9.80. The van der Waals surface area contributed by atoms with Crippen molar-refractivity contribution in [2.45, 2.75) is 64.2 Å². The number of nitrogens with zero attached hydrogens (tertiary/aromatic N) is 2. The average molecular weight is 502 g/mol. The quantitative estimate of drug-likeness (QED) is 0.260. The van der Waals surface area contributed by atoms with Gasteiger partial charge in [-0.15, -0.1) is 0 Å². The van der Waals surface area contributed by atoms with E-state index in [1.807, 2.05) is 16.8 Å². The molecule has 3 aromatic rings. The first-order chi connectivity index (χ1) is 16.5. The van der Waals surface area contributed by atoms with Gasteiger partial charge in [-0.25, -0.2) is 9.07 Å². The molecule has 0 spiro atoms. The van der Waals surface area contributed by atoms with Crippen LogP contribution in [0.5, 0.6) is 0 Å². The Kier molecular flexibility index (Phi) is 8.28. The molecule has 1 aliphatic carbocycles. The zero-order valence-electron chi connectivity index (χ0n) is 19.4. The second kappa shape index (κ2) is 11.4. The van der Waals surface area contributed by atoms with Crippen LogP contribution in [0.15, 0.2) is 42.5 Å². The Morgan fingerprint density at radius 1 is 1.18 bits per heavy atom. The molecular weight excluding hydrogens is 472 g/mol. The summed E-state index contributed by atoms with van der Waals surface area (Å²) in [6.45, 7) is 2.76. The minimum absolute atomic E-state index is 0.0835. The van der Waals surface area contributed by atoms with Crippen LogP contribution in [0.4, 0.5) is 4.39 Å². The van der Waals surface area contributed by atoms with E-state index in [-0.39, 0.29) is 17.6 Å². The van der Waals surface area contributed by atoms with Crippen LogP contribution in [0.1, 0.15) is 78.7 Å². The van der Waals surface area contributed by atoms with E-state index in [2.05, 4.69) is 12.2 Å². The fraction of sp³-hybridized carbons (Fsp3) is 0.407. The van der Waals surface area contributed by atoms with Crippen LogP contribution in [0.3, 0.4) is 0 Å². The lowest BCUT2D eigenvalue weighted by Gasteiger charge is -2.19. The van der Waals surface area contributed by atoms with E-state index in [1.165, 1.54) is 6.07 Å². The molecule has 7 heteroatoms. The van der Waals surface area contributed by atoms with Crippen LogP contribution in [-0.4, -0.2) is 22.2 Å². The number of carbonyl (C=O) groups is 1. The highest BCUT2D eigenvalue weighted by Gasteiger charge is 2.31. The van der Waals surface area contributed by atoms with Gasteiger partial charge < -0.3 is 5.32 Å². The molecule has 0 aliphatic heterocycles. The molecule has 0 bridgehead atoms. The lowest BCUT2D eigenvalue weighted by Crippen LogP contribution is -2.26. The standard InChI is InChI=1S/C27H30Cl2FN3O/c1-2-3-6-14-31-27(34)25-22-11-5-4-9-19(15-18-8-7-10-21(30)16-18)26(22)33(32-25)24-13-12-20(28)17-23(24)29/h7-8,10,12-13,16-17,19H,2-6,9,11,14-15H2,1H3,(H,31,34). The third-order valence-electron chi connectivity index (χ3n) is 6.43. The fourth-order valence-corrected chi connectivity index (χ4v) is 5.27. The third-order valence-corrected chi connectivity index (χ3v) is 6.97. The van der Waals surface area contributed by atoms with Crippen LogP contribution >= 0.6 is 23.2 Å². The van der Waals surface area contributed by atoms with Crippen LogP contribution in [0, 0.1) is 5.82 Å². The van der Waals surface area contributed by atoms with Crippen LogP contribution in [0.25, 0.3) is 5.69 Å². The lowest BCUT2D eigenvalue weighted by atomic mass is 9.90. The van der Waals surface area contributed by atoms with Crippen molar-refractivity contribution in [1.29, 1.82) is 0 Å². The first-order valence-corrected chi connectivity index (χ1v) is 12.8. The Labute approximate surface area is 210 Å². The predicted molar refractivity (Wildman–Crippen MR) is 136 cm³/mol. The Morgan fingerprint density at radius 3 is 2.79 bits per heavy atom. The molecule has 1 atom stereocenters. The summed E-state index contributed by atoms with van der Waals surface area (Å²) in [6.07, 6.45) is 7.48. The summed E-state index contributed by atoms with van der Waals surface area (Å²) >= 11 is 12.7. The molecule has 1 amide bonds. The molecule has 1 aromatic heterocycles. The first kappa shape index (κ1) is 24.7. The number of unbranched alkanes of at least 4 members (excludes halogenated alkanes) is 2. The van der Waals surface area contributed by atoms with Gasteiger partial charge in [0.1, 0.15) is 5.82 Å². The van der Waals surface area contributed by atoms with E-state index in [1.54, 1.807) is 24.3 Å². The van der Waals surface area contributed by atoms with Crippen molar-refractivity contribution in [3.63, 3.8) is 0 Å². The van der Waals surface area contributed by atoms with Gasteiger partial charge in [-0.3, -0.25) is 4.79 Å². The number of fused-ring (bicyclic) bond motifs is 1. The zero-order valence-corrected chi connectivity index (χ0v) is 20.9. The highest BCUT2D eigenvalue weighted by Crippen LogP contribution is 2.38. The minimum Gasteiger partial charge on any atom is -0.351 e. The third kappa shape index (κ3) is 5.64. The number of hydrogen-bond donors (Lipinski definition) is 1. The van der Waals surface area contributed by atoms with Crippen molar-refractivity contribution >= 4 is 29.1 Å². The van der Waals surface area contributed by atoms with E-state index in [9.17, 15) is 9.18 Å². The summed E-state index contributed by atoms with van der Waals surface area (Å²) in [7, 11) is 0. The van der Waals surface area contributed by atoms with Crippen LogP contribution in [0.2, 0.25) is 10.0 Å². The Hall–Kier alpha value is -2.37. The largest absolute Gasteiger partial charge is 0.351 e. The van der Waals surface area contributed by atoms with E-state index in [0.29, 0.717) is 34.4 Å². The van der Waals surface area contributed by atoms with Gasteiger partial charge in [0.05, 0.1) is 16.4 Å². The molecule has 4 rings (SSSR count). The Morgan fingerprint density at radius 2 is 2.03 bits per heavy atom. The molecule has 2 aromatic carbocycles. The van der Waals surface area contributed by atoms with Crippen LogP contribution < -0.4 is 5.32 Å². The number of rotatable bonds is 8. The van der Waals surface area contributed by atoms with Crippen molar-refractivity contribution in [2.24, 2.45) is 0 Å². The summed E-state index contributed by atoms with van der Waals surface area (Å²) in [5.41, 5.74) is 4.04. The zero-order chi connectivity index (χ0) is 24.1. The Balaban J connectivity index is 1.78. The molecule has 180 valence electrons. The maximum atomic E-state index is 13.9. The summed E-state index contributed by atoms with van der Waals surface area (Å²) in [5.74, 6) is -0.310. The van der Waals surface area contributed by atoms with Gasteiger partial charge in [0, 0.05) is 23.0 Å². The molecule has 1 N–H and O–H groups in total. The topological polar surface area (TPSA) is 46.9 Å². The predicted octanol–water partition coefficient (Wildman–Crippen LogP) is 7.29. The molecule has 1 heterocycles. The lowest BCUT2D eigenvalue weighted by molar-refractivity contribution is 0.0946. The van der Waals surface area contributed by atoms with Crippen molar-refractivity contribution in [3.05, 3.63) is 80.8 Å². The summed E-state index contributed by atoms with van der Waals surface area (Å²) in [5, 5.41) is 8.86. The number of aromatic nitrogens is 2. The van der Waals surface area contributed by atoms with Gasteiger partial charge >= 0.3 is 0 Å². The monoisotopic (exact) mass is 501 g/mol. The van der Waals surface area contributed by atoms with Gasteiger partial charge in [0.15, 0.2) is 5.69 Å². The number of nitrogens with one attached hydrogen (secondary N) is 1. The summed E-state index contributed by atoms with van der Waals surface area (Å²) in [6, 6.07) is 12.0. The van der Waals surface area contributed by atoms with Crippen molar-refractivity contribution < 1.29 is 9.18 Å². The van der Waals surface area contributed by atoms with E-state index in [4.69, 9.17) is 28.3 Å². The number of hydrogen-bond acceptors (Lipinski definition) is 2. The van der Waals surface area contributed by atoms with Crippen molar-refractivity contribution in [2.75, 3.05) is 6.54 Å². The molecular formula is C27H30Cl2FN3O. The van der Waals surface area contributed by atoms with Crippen molar-refractivity contribution in [3.8, 4) is 5.69 Å². The second-order valence-electron chi connectivity index (χ2n) is 8.96. The smallest absolute Gasteiger partial charge is 0.272 e. The highest BCUT2D eigenvalue weighted by molar-refractivity contribution is 6.35. The van der Waals surface area contributed by atoms with Crippen molar-refractivity contribution in [1.82, 2.24) is 15.1 Å². The molecule has 0 saturated heterocycles. The van der Waals surface area contributed by atoms with Gasteiger partial charge in [-0.1, -0.05) is 61.5 Å². The number of carbonyl (C=O) groups excluding carboxylic acids is 1. The van der Waals surface area contributed by atoms with E-state index >= 15 is 0 Å².